The van der Waals surface area contributed by atoms with Gasteiger partial charge < -0.3 is 10.0 Å². The van der Waals surface area contributed by atoms with Gasteiger partial charge in [-0.2, -0.15) is 0 Å². The molecule has 0 fully saturated rings. The molecule has 110 valence electrons. The Hall–Kier alpha value is -1.55. The molecule has 0 aromatic heterocycles. The maximum absolute atomic E-state index is 12.5. The summed E-state index contributed by atoms with van der Waals surface area (Å²) in [4.78, 5) is 25.0. The van der Waals surface area contributed by atoms with E-state index in [-0.39, 0.29) is 18.4 Å². The van der Waals surface area contributed by atoms with Gasteiger partial charge in [0.25, 0.3) is 5.91 Å². The molecule has 0 saturated heterocycles. The lowest BCUT2D eigenvalue weighted by atomic mass is 10.1. The Labute approximate surface area is 124 Å². The van der Waals surface area contributed by atoms with E-state index in [4.69, 9.17) is 16.7 Å². The minimum atomic E-state index is -0.905. The topological polar surface area (TPSA) is 57.6 Å². The highest BCUT2D eigenvalue weighted by molar-refractivity contribution is 6.30. The zero-order chi connectivity index (χ0) is 15.3. The first-order chi connectivity index (χ1) is 9.31. The van der Waals surface area contributed by atoms with E-state index in [1.807, 2.05) is 13.8 Å². The molecule has 0 aliphatic carbocycles. The van der Waals surface area contributed by atoms with Crippen LogP contribution in [0.5, 0.6) is 0 Å². The molecule has 20 heavy (non-hydrogen) atoms. The number of carbonyl (C=O) groups is 2. The van der Waals surface area contributed by atoms with Gasteiger partial charge in [0.1, 0.15) is 0 Å². The predicted molar refractivity (Wildman–Crippen MR) is 79.0 cm³/mol. The quantitative estimate of drug-likeness (QED) is 0.877. The summed E-state index contributed by atoms with van der Waals surface area (Å²) in [6.07, 6.45) is 0. The van der Waals surface area contributed by atoms with Crippen LogP contribution < -0.4 is 0 Å². The maximum Gasteiger partial charge on any atom is 0.308 e. The number of rotatable bonds is 6. The molecule has 1 atom stereocenters. The molecule has 0 aliphatic heterocycles. The molecule has 4 nitrogen and oxygen atoms in total. The summed E-state index contributed by atoms with van der Waals surface area (Å²) < 4.78 is 0. The Kier molecular flexibility index (Phi) is 6.02. The van der Waals surface area contributed by atoms with Crippen LogP contribution >= 0.6 is 11.6 Å². The first-order valence-corrected chi connectivity index (χ1v) is 6.96. The second-order valence-electron chi connectivity index (χ2n) is 5.35. The van der Waals surface area contributed by atoms with Crippen LogP contribution in [0.15, 0.2) is 24.3 Å². The van der Waals surface area contributed by atoms with Crippen molar-refractivity contribution in [2.24, 2.45) is 11.8 Å². The third kappa shape index (κ3) is 4.85. The van der Waals surface area contributed by atoms with Gasteiger partial charge in [-0.3, -0.25) is 9.59 Å². The SMILES string of the molecule is CC(C)CN(CC(C)C(=O)O)C(=O)c1cccc(Cl)c1. The average molecular weight is 298 g/mol. The highest BCUT2D eigenvalue weighted by Crippen LogP contribution is 2.15. The van der Waals surface area contributed by atoms with Crippen molar-refractivity contribution in [3.05, 3.63) is 34.9 Å². The summed E-state index contributed by atoms with van der Waals surface area (Å²) in [5, 5.41) is 9.49. The normalized spacial score (nSPS) is 12.2. The van der Waals surface area contributed by atoms with Crippen LogP contribution in [0.25, 0.3) is 0 Å². The van der Waals surface area contributed by atoms with Crippen LogP contribution in [0.2, 0.25) is 5.02 Å². The molecule has 0 bridgehead atoms. The fraction of sp³-hybridized carbons (Fsp3) is 0.467. The second-order valence-corrected chi connectivity index (χ2v) is 5.79. The van der Waals surface area contributed by atoms with Gasteiger partial charge in [0, 0.05) is 23.7 Å². The summed E-state index contributed by atoms with van der Waals surface area (Å²) in [7, 11) is 0. The van der Waals surface area contributed by atoms with E-state index >= 15 is 0 Å². The van der Waals surface area contributed by atoms with E-state index in [0.717, 1.165) is 0 Å². The fourth-order valence-electron chi connectivity index (χ4n) is 1.89. The molecule has 0 radical (unpaired) electrons. The van der Waals surface area contributed by atoms with Gasteiger partial charge in [0.2, 0.25) is 0 Å². The van der Waals surface area contributed by atoms with Gasteiger partial charge in [-0.25, -0.2) is 0 Å². The van der Waals surface area contributed by atoms with Crippen LogP contribution in [0.3, 0.4) is 0 Å². The van der Waals surface area contributed by atoms with Crippen molar-refractivity contribution in [3.63, 3.8) is 0 Å². The number of hydrogen-bond donors (Lipinski definition) is 1. The van der Waals surface area contributed by atoms with E-state index < -0.39 is 11.9 Å². The van der Waals surface area contributed by atoms with E-state index in [1.165, 1.54) is 0 Å². The second kappa shape index (κ2) is 7.29. The number of carboxylic acid groups (broad SMARTS) is 1. The number of amides is 1. The predicted octanol–water partition coefficient (Wildman–Crippen LogP) is 3.16. The van der Waals surface area contributed by atoms with Gasteiger partial charge in [-0.05, 0) is 24.1 Å². The van der Waals surface area contributed by atoms with E-state index in [1.54, 1.807) is 36.1 Å². The smallest absolute Gasteiger partial charge is 0.308 e. The van der Waals surface area contributed by atoms with Crippen LogP contribution in [0.1, 0.15) is 31.1 Å². The number of carboxylic acids is 1. The maximum atomic E-state index is 12.5. The van der Waals surface area contributed by atoms with Crippen molar-refractivity contribution in [3.8, 4) is 0 Å². The minimum absolute atomic E-state index is 0.186. The largest absolute Gasteiger partial charge is 0.481 e. The summed E-state index contributed by atoms with van der Waals surface area (Å²) >= 11 is 5.89. The van der Waals surface area contributed by atoms with Crippen molar-refractivity contribution < 1.29 is 14.7 Å². The molecular weight excluding hydrogens is 278 g/mol. The number of nitrogens with zero attached hydrogens (tertiary/aromatic N) is 1. The van der Waals surface area contributed by atoms with Gasteiger partial charge in [-0.1, -0.05) is 38.4 Å². The first kappa shape index (κ1) is 16.5. The summed E-state index contributed by atoms with van der Waals surface area (Å²) in [6, 6.07) is 6.70. The molecular formula is C15H20ClNO3. The lowest BCUT2D eigenvalue weighted by Crippen LogP contribution is -2.39. The van der Waals surface area contributed by atoms with E-state index in [9.17, 15) is 9.59 Å². The first-order valence-electron chi connectivity index (χ1n) is 6.59. The summed E-state index contributed by atoms with van der Waals surface area (Å²) in [5.41, 5.74) is 0.482. The fourth-order valence-corrected chi connectivity index (χ4v) is 2.08. The monoisotopic (exact) mass is 297 g/mol. The zero-order valence-corrected chi connectivity index (χ0v) is 12.7. The molecule has 0 saturated carbocycles. The number of benzene rings is 1. The molecule has 1 amide bonds. The number of carbonyl (C=O) groups excluding carboxylic acids is 1. The average Bonchev–Trinajstić information content (AvgIpc) is 2.36. The molecule has 1 N–H and O–H groups in total. The minimum Gasteiger partial charge on any atom is -0.481 e. The van der Waals surface area contributed by atoms with Gasteiger partial charge in [0.05, 0.1) is 5.92 Å². The van der Waals surface area contributed by atoms with Crippen LogP contribution in [0.4, 0.5) is 0 Å². The van der Waals surface area contributed by atoms with Gasteiger partial charge in [-0.15, -0.1) is 0 Å². The summed E-state index contributed by atoms with van der Waals surface area (Å²) in [6.45, 7) is 6.29. The summed E-state index contributed by atoms with van der Waals surface area (Å²) in [5.74, 6) is -1.43. The van der Waals surface area contributed by atoms with Crippen molar-refractivity contribution >= 4 is 23.5 Å². The van der Waals surface area contributed by atoms with Crippen LogP contribution in [-0.4, -0.2) is 35.0 Å². The Bertz CT molecular complexity index is 488. The van der Waals surface area contributed by atoms with E-state index in [0.29, 0.717) is 17.1 Å². The molecule has 0 aliphatic rings. The molecule has 1 unspecified atom stereocenters. The molecule has 1 rings (SSSR count). The lowest BCUT2D eigenvalue weighted by Gasteiger charge is -2.26. The highest BCUT2D eigenvalue weighted by atomic mass is 35.5. The molecule has 1 aromatic rings. The van der Waals surface area contributed by atoms with Crippen molar-refractivity contribution in [1.82, 2.24) is 4.90 Å². The highest BCUT2D eigenvalue weighted by Gasteiger charge is 2.22. The van der Waals surface area contributed by atoms with Crippen molar-refractivity contribution in [1.29, 1.82) is 0 Å². The third-order valence-electron chi connectivity index (χ3n) is 2.86. The Morgan fingerprint density at radius 3 is 2.40 bits per heavy atom. The van der Waals surface area contributed by atoms with Gasteiger partial charge >= 0.3 is 5.97 Å². The molecule has 5 heteroatoms. The van der Waals surface area contributed by atoms with Gasteiger partial charge in [0.15, 0.2) is 0 Å². The zero-order valence-electron chi connectivity index (χ0n) is 12.0. The number of aliphatic carboxylic acids is 1. The Morgan fingerprint density at radius 1 is 1.25 bits per heavy atom. The van der Waals surface area contributed by atoms with Crippen molar-refractivity contribution in [2.75, 3.05) is 13.1 Å². The standard InChI is InChI=1S/C15H20ClNO3/c1-10(2)8-17(9-11(3)15(19)20)14(18)12-5-4-6-13(16)7-12/h4-7,10-11H,8-9H2,1-3H3,(H,19,20). The number of hydrogen-bond acceptors (Lipinski definition) is 2. The van der Waals surface area contributed by atoms with Crippen LogP contribution in [-0.2, 0) is 4.79 Å². The molecule has 0 spiro atoms. The molecule has 1 aromatic carbocycles. The van der Waals surface area contributed by atoms with Crippen molar-refractivity contribution in [2.45, 2.75) is 20.8 Å². The lowest BCUT2D eigenvalue weighted by molar-refractivity contribution is -0.141. The van der Waals surface area contributed by atoms with E-state index in [2.05, 4.69) is 0 Å². The number of halogens is 1. The Morgan fingerprint density at radius 2 is 1.90 bits per heavy atom. The molecule has 0 heterocycles. The third-order valence-corrected chi connectivity index (χ3v) is 3.10. The Balaban J connectivity index is 2.92. The van der Waals surface area contributed by atoms with Crippen LogP contribution in [0, 0.1) is 11.8 Å².